The number of rotatable bonds is 5. The van der Waals surface area contributed by atoms with Crippen molar-refractivity contribution in [2.75, 3.05) is 10.6 Å². The van der Waals surface area contributed by atoms with Gasteiger partial charge in [-0.2, -0.15) is 0 Å². The lowest BCUT2D eigenvalue weighted by Crippen LogP contribution is -2.16. The second-order valence-electron chi connectivity index (χ2n) is 6.85. The van der Waals surface area contributed by atoms with Crippen LogP contribution in [-0.4, -0.2) is 15.9 Å². The predicted molar refractivity (Wildman–Crippen MR) is 110 cm³/mol. The van der Waals surface area contributed by atoms with Gasteiger partial charge >= 0.3 is 0 Å². The van der Waals surface area contributed by atoms with Crippen LogP contribution in [-0.2, 0) is 0 Å². The quantitative estimate of drug-likeness (QED) is 0.655. The number of anilines is 3. The molecule has 0 aliphatic rings. The van der Waals surface area contributed by atoms with Gasteiger partial charge < -0.3 is 10.6 Å². The minimum absolute atomic E-state index is 0.255. The molecule has 1 heterocycles. The van der Waals surface area contributed by atoms with Gasteiger partial charge in [0.2, 0.25) is 5.95 Å². The van der Waals surface area contributed by atoms with E-state index in [0.717, 1.165) is 22.5 Å². The van der Waals surface area contributed by atoms with E-state index in [9.17, 15) is 4.79 Å². The molecule has 1 amide bonds. The number of aromatic nitrogens is 2. The zero-order chi connectivity index (χ0) is 19.4. The van der Waals surface area contributed by atoms with Crippen LogP contribution in [0.2, 0.25) is 0 Å². The van der Waals surface area contributed by atoms with E-state index in [2.05, 4.69) is 40.5 Å². The van der Waals surface area contributed by atoms with Crippen LogP contribution in [0.15, 0.2) is 54.7 Å². The summed E-state index contributed by atoms with van der Waals surface area (Å²) in [5.41, 5.74) is 5.28. The standard InChI is InChI=1S/C22H24N4O/c1-14(2)17-10-5-6-11-18(17)24-22-23-13-12-19(25-22)21(27)26-20-15(3)8-7-9-16(20)4/h5-14H,1-4H3,(H,26,27)(H,23,24,25). The van der Waals surface area contributed by atoms with Gasteiger partial charge in [0, 0.05) is 17.6 Å². The number of para-hydroxylation sites is 2. The Bertz CT molecular complexity index is 946. The molecule has 0 unspecified atom stereocenters. The number of hydrogen-bond donors (Lipinski definition) is 2. The van der Waals surface area contributed by atoms with E-state index in [1.165, 1.54) is 5.56 Å². The summed E-state index contributed by atoms with van der Waals surface area (Å²) in [4.78, 5) is 21.3. The van der Waals surface area contributed by atoms with Crippen LogP contribution in [0.1, 0.15) is 46.9 Å². The third kappa shape index (κ3) is 4.31. The van der Waals surface area contributed by atoms with Crippen LogP contribution in [0.25, 0.3) is 0 Å². The van der Waals surface area contributed by atoms with Gasteiger partial charge in [-0.3, -0.25) is 4.79 Å². The molecule has 5 heteroatoms. The highest BCUT2D eigenvalue weighted by molar-refractivity contribution is 6.03. The molecule has 0 aliphatic carbocycles. The Morgan fingerprint density at radius 3 is 2.37 bits per heavy atom. The molecule has 0 atom stereocenters. The van der Waals surface area contributed by atoms with Crippen LogP contribution in [0.3, 0.4) is 0 Å². The second-order valence-corrected chi connectivity index (χ2v) is 6.85. The highest BCUT2D eigenvalue weighted by Gasteiger charge is 2.13. The van der Waals surface area contributed by atoms with Crippen molar-refractivity contribution in [1.82, 2.24) is 9.97 Å². The van der Waals surface area contributed by atoms with E-state index in [1.807, 2.05) is 50.2 Å². The molecule has 3 aromatic rings. The van der Waals surface area contributed by atoms with Crippen molar-refractivity contribution in [3.8, 4) is 0 Å². The summed E-state index contributed by atoms with van der Waals surface area (Å²) in [5.74, 6) is 0.511. The second kappa shape index (κ2) is 7.99. The Labute approximate surface area is 159 Å². The van der Waals surface area contributed by atoms with Crippen molar-refractivity contribution in [2.45, 2.75) is 33.6 Å². The van der Waals surface area contributed by atoms with E-state index < -0.39 is 0 Å². The normalized spacial score (nSPS) is 10.7. The van der Waals surface area contributed by atoms with Crippen molar-refractivity contribution >= 4 is 23.2 Å². The van der Waals surface area contributed by atoms with Gasteiger partial charge in [-0.05, 0) is 48.6 Å². The molecule has 0 aliphatic heterocycles. The fourth-order valence-corrected chi connectivity index (χ4v) is 2.97. The number of nitrogens with one attached hydrogen (secondary N) is 2. The molecule has 0 saturated heterocycles. The van der Waals surface area contributed by atoms with E-state index in [4.69, 9.17) is 0 Å². The number of benzene rings is 2. The minimum atomic E-state index is -0.255. The van der Waals surface area contributed by atoms with E-state index in [1.54, 1.807) is 12.3 Å². The monoisotopic (exact) mass is 360 g/mol. The van der Waals surface area contributed by atoms with Crippen LogP contribution in [0.4, 0.5) is 17.3 Å². The lowest BCUT2D eigenvalue weighted by molar-refractivity contribution is 0.102. The molecule has 5 nitrogen and oxygen atoms in total. The Hall–Kier alpha value is -3.21. The number of hydrogen-bond acceptors (Lipinski definition) is 4. The average Bonchev–Trinajstić information content (AvgIpc) is 2.65. The third-order valence-electron chi connectivity index (χ3n) is 4.44. The first-order valence-electron chi connectivity index (χ1n) is 9.02. The van der Waals surface area contributed by atoms with Gasteiger partial charge in [0.15, 0.2) is 0 Å². The van der Waals surface area contributed by atoms with Gasteiger partial charge in [0.1, 0.15) is 5.69 Å². The lowest BCUT2D eigenvalue weighted by atomic mass is 10.0. The molecule has 0 saturated carbocycles. The Kier molecular flexibility index (Phi) is 5.50. The minimum Gasteiger partial charge on any atom is -0.324 e. The summed E-state index contributed by atoms with van der Waals surface area (Å²) in [7, 11) is 0. The summed E-state index contributed by atoms with van der Waals surface area (Å²) in [5, 5.41) is 6.19. The SMILES string of the molecule is Cc1cccc(C)c1NC(=O)c1ccnc(Nc2ccccc2C(C)C)n1. The average molecular weight is 360 g/mol. The fraction of sp³-hybridized carbons (Fsp3) is 0.227. The molecular weight excluding hydrogens is 336 g/mol. The van der Waals surface area contributed by atoms with Gasteiger partial charge in [0.25, 0.3) is 5.91 Å². The zero-order valence-electron chi connectivity index (χ0n) is 16.1. The van der Waals surface area contributed by atoms with Crippen LogP contribution in [0, 0.1) is 13.8 Å². The van der Waals surface area contributed by atoms with Crippen molar-refractivity contribution in [3.63, 3.8) is 0 Å². The molecule has 0 fully saturated rings. The van der Waals surface area contributed by atoms with E-state index in [-0.39, 0.29) is 5.91 Å². The molecule has 0 bridgehead atoms. The summed E-state index contributed by atoms with van der Waals surface area (Å²) in [6.07, 6.45) is 1.59. The fourth-order valence-electron chi connectivity index (χ4n) is 2.97. The van der Waals surface area contributed by atoms with Gasteiger partial charge in [0.05, 0.1) is 0 Å². The molecule has 2 aromatic carbocycles. The maximum Gasteiger partial charge on any atom is 0.274 e. The molecule has 0 radical (unpaired) electrons. The van der Waals surface area contributed by atoms with Crippen LogP contribution in [0.5, 0.6) is 0 Å². The molecule has 2 N–H and O–H groups in total. The number of carbonyl (C=O) groups is 1. The highest BCUT2D eigenvalue weighted by Crippen LogP contribution is 2.26. The van der Waals surface area contributed by atoms with Crippen molar-refractivity contribution in [3.05, 3.63) is 77.1 Å². The number of aryl methyl sites for hydroxylation is 2. The third-order valence-corrected chi connectivity index (χ3v) is 4.44. The first-order valence-corrected chi connectivity index (χ1v) is 9.02. The smallest absolute Gasteiger partial charge is 0.274 e. The Morgan fingerprint density at radius 1 is 0.963 bits per heavy atom. The summed E-state index contributed by atoms with van der Waals surface area (Å²) < 4.78 is 0. The number of amides is 1. The summed E-state index contributed by atoms with van der Waals surface area (Å²) >= 11 is 0. The van der Waals surface area contributed by atoms with Crippen molar-refractivity contribution in [1.29, 1.82) is 0 Å². The van der Waals surface area contributed by atoms with Gasteiger partial charge in [-0.25, -0.2) is 9.97 Å². The first kappa shape index (κ1) is 18.6. The predicted octanol–water partition coefficient (Wildman–Crippen LogP) is 5.21. The van der Waals surface area contributed by atoms with Crippen molar-refractivity contribution < 1.29 is 4.79 Å². The zero-order valence-corrected chi connectivity index (χ0v) is 16.1. The Morgan fingerprint density at radius 2 is 1.67 bits per heavy atom. The van der Waals surface area contributed by atoms with Crippen LogP contribution >= 0.6 is 0 Å². The first-order chi connectivity index (χ1) is 13.0. The van der Waals surface area contributed by atoms with Gasteiger partial charge in [-0.15, -0.1) is 0 Å². The Balaban J connectivity index is 1.83. The van der Waals surface area contributed by atoms with Gasteiger partial charge in [-0.1, -0.05) is 50.2 Å². The topological polar surface area (TPSA) is 66.9 Å². The van der Waals surface area contributed by atoms with Crippen molar-refractivity contribution in [2.24, 2.45) is 0 Å². The number of nitrogens with zero attached hydrogens (tertiary/aromatic N) is 2. The van der Waals surface area contributed by atoms with E-state index in [0.29, 0.717) is 17.6 Å². The molecule has 1 aromatic heterocycles. The largest absolute Gasteiger partial charge is 0.324 e. The van der Waals surface area contributed by atoms with E-state index >= 15 is 0 Å². The number of carbonyl (C=O) groups excluding carboxylic acids is 1. The molecule has 138 valence electrons. The maximum atomic E-state index is 12.7. The molecular formula is C22H24N4O. The summed E-state index contributed by atoms with van der Waals surface area (Å²) in [6, 6.07) is 15.6. The maximum absolute atomic E-state index is 12.7. The molecule has 27 heavy (non-hydrogen) atoms. The van der Waals surface area contributed by atoms with Crippen LogP contribution < -0.4 is 10.6 Å². The highest BCUT2D eigenvalue weighted by atomic mass is 16.1. The lowest BCUT2D eigenvalue weighted by Gasteiger charge is -2.14. The molecule has 3 rings (SSSR count). The summed E-state index contributed by atoms with van der Waals surface area (Å²) in [6.45, 7) is 8.21. The molecule has 0 spiro atoms.